The molecule has 1 aromatic heterocycles. The van der Waals surface area contributed by atoms with E-state index in [1.807, 2.05) is 23.8 Å². The maximum Gasteiger partial charge on any atom is 0.184 e. The molecule has 0 amide bonds. The molecule has 0 aliphatic heterocycles. The second-order valence-electron chi connectivity index (χ2n) is 4.17. The van der Waals surface area contributed by atoms with Crippen molar-refractivity contribution >= 4 is 30.5 Å². The molecule has 21 heavy (non-hydrogen) atoms. The van der Waals surface area contributed by atoms with E-state index in [0.717, 1.165) is 25.2 Å². The molecule has 0 saturated heterocycles. The van der Waals surface area contributed by atoms with E-state index in [1.165, 1.54) is 0 Å². The van der Waals surface area contributed by atoms with Crippen LogP contribution < -0.4 is 10.1 Å². The lowest BCUT2D eigenvalue weighted by molar-refractivity contribution is 0.319. The van der Waals surface area contributed by atoms with Crippen LogP contribution in [0.25, 0.3) is 0 Å². The Balaban J connectivity index is 0.00000200. The first-order valence-electron chi connectivity index (χ1n) is 6.45. The number of hydrogen-bond acceptors (Lipinski definition) is 4. The fraction of sp³-hybridized carbons (Fsp3) is 0.357. The van der Waals surface area contributed by atoms with Crippen LogP contribution in [0.4, 0.5) is 5.69 Å². The highest BCUT2D eigenvalue weighted by molar-refractivity contribution is 5.85. The van der Waals surface area contributed by atoms with Crippen molar-refractivity contribution in [3.8, 4) is 11.5 Å². The van der Waals surface area contributed by atoms with E-state index in [2.05, 4.69) is 10.3 Å². The van der Waals surface area contributed by atoms with Gasteiger partial charge in [-0.15, -0.1) is 24.8 Å². The molecule has 1 aromatic carbocycles. The number of rotatable bonds is 7. The smallest absolute Gasteiger partial charge is 0.184 e. The van der Waals surface area contributed by atoms with Crippen molar-refractivity contribution in [1.82, 2.24) is 9.55 Å². The van der Waals surface area contributed by atoms with E-state index in [0.29, 0.717) is 12.4 Å². The van der Waals surface area contributed by atoms with E-state index < -0.39 is 0 Å². The number of halogens is 2. The molecule has 1 heterocycles. The maximum atomic E-state index is 9.75. The number of aromatic hydroxyl groups is 1. The topological polar surface area (TPSA) is 59.3 Å². The molecule has 0 spiro atoms. The van der Waals surface area contributed by atoms with Crippen LogP contribution in [0.1, 0.15) is 13.3 Å². The number of hydrogen-bond donors (Lipinski definition) is 2. The summed E-state index contributed by atoms with van der Waals surface area (Å²) in [5, 5.41) is 13.0. The van der Waals surface area contributed by atoms with Gasteiger partial charge in [0.1, 0.15) is 0 Å². The van der Waals surface area contributed by atoms with Gasteiger partial charge in [-0.25, -0.2) is 4.98 Å². The zero-order chi connectivity index (χ0) is 13.5. The Morgan fingerprint density at radius 3 is 2.81 bits per heavy atom. The second kappa shape index (κ2) is 10.2. The number of phenols is 1. The summed E-state index contributed by atoms with van der Waals surface area (Å²) < 4.78 is 7.48. The van der Waals surface area contributed by atoms with E-state index in [-0.39, 0.29) is 30.6 Å². The van der Waals surface area contributed by atoms with Crippen molar-refractivity contribution < 1.29 is 9.84 Å². The summed E-state index contributed by atoms with van der Waals surface area (Å²) in [5.74, 6) is 0.689. The molecule has 0 aliphatic rings. The highest BCUT2D eigenvalue weighted by Crippen LogP contribution is 2.34. The Bertz CT molecular complexity index is 507. The standard InChI is InChI=1S/C14H19N3O2.2ClH/c1-2-19-14-12(5-3-6-13(14)18)16-7-4-9-17-10-8-15-11-17;;/h3,5-6,8,10-11,16,18H,2,4,7,9H2,1H3;2*1H. The number of para-hydroxylation sites is 1. The third-order valence-corrected chi connectivity index (χ3v) is 2.75. The molecular weight excluding hydrogens is 313 g/mol. The highest BCUT2D eigenvalue weighted by Gasteiger charge is 2.07. The van der Waals surface area contributed by atoms with Gasteiger partial charge in [0.15, 0.2) is 11.5 Å². The molecule has 0 fully saturated rings. The Morgan fingerprint density at radius 1 is 1.33 bits per heavy atom. The van der Waals surface area contributed by atoms with Crippen molar-refractivity contribution in [2.45, 2.75) is 19.9 Å². The Morgan fingerprint density at radius 2 is 2.14 bits per heavy atom. The van der Waals surface area contributed by atoms with Crippen LogP contribution in [0.3, 0.4) is 0 Å². The molecule has 0 aliphatic carbocycles. The Labute approximate surface area is 137 Å². The van der Waals surface area contributed by atoms with Crippen LogP contribution >= 0.6 is 24.8 Å². The van der Waals surface area contributed by atoms with Crippen LogP contribution in [0.2, 0.25) is 0 Å². The third-order valence-electron chi connectivity index (χ3n) is 2.75. The number of phenolic OH excluding ortho intramolecular Hbond substituents is 1. The predicted octanol–water partition coefficient (Wildman–Crippen LogP) is 3.33. The van der Waals surface area contributed by atoms with Gasteiger partial charge in [0, 0.05) is 25.5 Å². The zero-order valence-electron chi connectivity index (χ0n) is 11.9. The number of nitrogens with zero attached hydrogens (tertiary/aromatic N) is 2. The SMILES string of the molecule is CCOc1c(O)cccc1NCCCn1ccnc1.Cl.Cl. The van der Waals surface area contributed by atoms with Gasteiger partial charge in [-0.05, 0) is 25.5 Å². The number of benzene rings is 1. The highest BCUT2D eigenvalue weighted by atomic mass is 35.5. The Kier molecular flexibility index (Phi) is 9.41. The molecule has 5 nitrogen and oxygen atoms in total. The third kappa shape index (κ3) is 5.73. The van der Waals surface area contributed by atoms with E-state index in [9.17, 15) is 5.11 Å². The monoisotopic (exact) mass is 333 g/mol. The first-order valence-corrected chi connectivity index (χ1v) is 6.45. The summed E-state index contributed by atoms with van der Waals surface area (Å²) in [4.78, 5) is 4.00. The van der Waals surface area contributed by atoms with Gasteiger partial charge in [0.05, 0.1) is 18.6 Å². The molecule has 0 bridgehead atoms. The van der Waals surface area contributed by atoms with Crippen LogP contribution in [-0.2, 0) is 6.54 Å². The second-order valence-corrected chi connectivity index (χ2v) is 4.17. The summed E-state index contributed by atoms with van der Waals surface area (Å²) >= 11 is 0. The minimum atomic E-state index is 0. The number of ether oxygens (including phenoxy) is 1. The van der Waals surface area contributed by atoms with Crippen LogP contribution in [0, 0.1) is 0 Å². The quantitative estimate of drug-likeness (QED) is 0.763. The minimum Gasteiger partial charge on any atom is -0.504 e. The van der Waals surface area contributed by atoms with Crippen molar-refractivity contribution in [2.24, 2.45) is 0 Å². The van der Waals surface area contributed by atoms with Gasteiger partial charge in [-0.3, -0.25) is 0 Å². The van der Waals surface area contributed by atoms with Gasteiger partial charge in [-0.1, -0.05) is 6.07 Å². The first kappa shape index (κ1) is 19.4. The molecular formula is C14H21Cl2N3O2. The van der Waals surface area contributed by atoms with Gasteiger partial charge in [0.25, 0.3) is 0 Å². The minimum absolute atomic E-state index is 0. The summed E-state index contributed by atoms with van der Waals surface area (Å²) in [6, 6.07) is 5.33. The largest absolute Gasteiger partial charge is 0.504 e. The lowest BCUT2D eigenvalue weighted by atomic mass is 10.2. The van der Waals surface area contributed by atoms with Gasteiger partial charge >= 0.3 is 0 Å². The van der Waals surface area contributed by atoms with Crippen molar-refractivity contribution in [3.63, 3.8) is 0 Å². The molecule has 2 rings (SSSR count). The number of imidazole rings is 1. The molecule has 0 radical (unpaired) electrons. The lowest BCUT2D eigenvalue weighted by Gasteiger charge is -2.13. The van der Waals surface area contributed by atoms with Crippen molar-refractivity contribution in [3.05, 3.63) is 36.9 Å². The summed E-state index contributed by atoms with van der Waals surface area (Å²) in [6.45, 7) is 4.15. The summed E-state index contributed by atoms with van der Waals surface area (Å²) in [7, 11) is 0. The normalized spacial score (nSPS) is 9.38. The molecule has 118 valence electrons. The van der Waals surface area contributed by atoms with Gasteiger partial charge in [0.2, 0.25) is 0 Å². The summed E-state index contributed by atoms with van der Waals surface area (Å²) in [5.41, 5.74) is 0.826. The number of nitrogens with one attached hydrogen (secondary N) is 1. The predicted molar refractivity (Wildman–Crippen MR) is 89.1 cm³/mol. The molecule has 2 N–H and O–H groups in total. The maximum absolute atomic E-state index is 9.75. The number of aromatic nitrogens is 2. The average Bonchev–Trinajstić information content (AvgIpc) is 2.91. The average molecular weight is 334 g/mol. The molecule has 2 aromatic rings. The van der Waals surface area contributed by atoms with E-state index >= 15 is 0 Å². The van der Waals surface area contributed by atoms with Gasteiger partial charge in [-0.2, -0.15) is 0 Å². The molecule has 0 saturated carbocycles. The fourth-order valence-corrected chi connectivity index (χ4v) is 1.86. The fourth-order valence-electron chi connectivity index (χ4n) is 1.86. The van der Waals surface area contributed by atoms with E-state index in [4.69, 9.17) is 4.74 Å². The van der Waals surface area contributed by atoms with Crippen LogP contribution in [0.15, 0.2) is 36.9 Å². The first-order chi connectivity index (χ1) is 9.31. The van der Waals surface area contributed by atoms with Crippen molar-refractivity contribution in [2.75, 3.05) is 18.5 Å². The van der Waals surface area contributed by atoms with Crippen LogP contribution in [-0.4, -0.2) is 27.8 Å². The van der Waals surface area contributed by atoms with Crippen molar-refractivity contribution in [1.29, 1.82) is 0 Å². The molecule has 0 atom stereocenters. The summed E-state index contributed by atoms with van der Waals surface area (Å²) in [6.07, 6.45) is 6.49. The Hall–Kier alpha value is -1.59. The number of anilines is 1. The zero-order valence-corrected chi connectivity index (χ0v) is 13.5. The lowest BCUT2D eigenvalue weighted by Crippen LogP contribution is -2.07. The number of aryl methyl sites for hydroxylation is 1. The van der Waals surface area contributed by atoms with Gasteiger partial charge < -0.3 is 19.7 Å². The van der Waals surface area contributed by atoms with Crippen LogP contribution in [0.5, 0.6) is 11.5 Å². The molecule has 7 heteroatoms. The van der Waals surface area contributed by atoms with E-state index in [1.54, 1.807) is 24.7 Å². The molecule has 0 unspecified atom stereocenters.